The summed E-state index contributed by atoms with van der Waals surface area (Å²) in [6.45, 7) is 2.19. The molecule has 0 radical (unpaired) electrons. The van der Waals surface area contributed by atoms with Crippen molar-refractivity contribution in [1.29, 1.82) is 0 Å². The van der Waals surface area contributed by atoms with E-state index in [-0.39, 0.29) is 12.4 Å². The van der Waals surface area contributed by atoms with Gasteiger partial charge in [-0.05, 0) is 19.1 Å². The molecule has 0 aromatic carbocycles. The van der Waals surface area contributed by atoms with Crippen LogP contribution in [-0.4, -0.2) is 17.6 Å². The third-order valence-electron chi connectivity index (χ3n) is 1.98. The Labute approximate surface area is 112 Å². The number of nitrogens with zero attached hydrogens (tertiary/aromatic N) is 1. The lowest BCUT2D eigenvalue weighted by molar-refractivity contribution is -0.142. The van der Waals surface area contributed by atoms with Gasteiger partial charge in [-0.2, -0.15) is 0 Å². The van der Waals surface area contributed by atoms with Crippen LogP contribution in [0.2, 0.25) is 4.34 Å². The molecule has 0 saturated carbocycles. The van der Waals surface area contributed by atoms with Crippen molar-refractivity contribution in [2.24, 2.45) is 0 Å². The number of rotatable bonds is 4. The first-order valence-corrected chi connectivity index (χ1v) is 7.12. The van der Waals surface area contributed by atoms with E-state index in [0.29, 0.717) is 6.61 Å². The van der Waals surface area contributed by atoms with E-state index in [0.717, 1.165) is 19.9 Å². The van der Waals surface area contributed by atoms with Crippen molar-refractivity contribution >= 4 is 40.2 Å². The summed E-state index contributed by atoms with van der Waals surface area (Å²) >= 11 is 8.80. The number of thiazole rings is 1. The largest absolute Gasteiger partial charge is 0.466 e. The summed E-state index contributed by atoms with van der Waals surface area (Å²) in [5.74, 6) is -0.238. The lowest BCUT2D eigenvalue weighted by atomic mass is 10.4. The fourth-order valence-electron chi connectivity index (χ4n) is 1.29. The number of thiophene rings is 1. The van der Waals surface area contributed by atoms with Crippen LogP contribution >= 0.6 is 34.3 Å². The maximum Gasteiger partial charge on any atom is 0.312 e. The summed E-state index contributed by atoms with van der Waals surface area (Å²) in [5, 5.41) is 2.69. The van der Waals surface area contributed by atoms with Gasteiger partial charge < -0.3 is 4.74 Å². The fraction of sp³-hybridized carbons (Fsp3) is 0.273. The Bertz CT molecular complexity index is 521. The van der Waals surface area contributed by atoms with Gasteiger partial charge in [0.05, 0.1) is 27.9 Å². The molecule has 0 amide bonds. The van der Waals surface area contributed by atoms with Crippen molar-refractivity contribution in [1.82, 2.24) is 4.98 Å². The SMILES string of the molecule is CCOC(=O)Cc1nc(-c2ccc(Cl)s2)cs1. The van der Waals surface area contributed by atoms with Gasteiger partial charge in [-0.3, -0.25) is 4.79 Å². The molecule has 0 fully saturated rings. The second kappa shape index (κ2) is 5.62. The van der Waals surface area contributed by atoms with Crippen LogP contribution in [0.25, 0.3) is 10.6 Å². The second-order valence-corrected chi connectivity index (χ2v) is 5.87. The minimum atomic E-state index is -0.238. The average Bonchev–Trinajstić information content (AvgIpc) is 2.87. The Kier molecular flexibility index (Phi) is 4.15. The number of carbonyl (C=O) groups is 1. The molecule has 0 spiro atoms. The Morgan fingerprint density at radius 3 is 3.00 bits per heavy atom. The lowest BCUT2D eigenvalue weighted by Crippen LogP contribution is -2.07. The van der Waals surface area contributed by atoms with Crippen molar-refractivity contribution in [3.8, 4) is 10.6 Å². The quantitative estimate of drug-likeness (QED) is 0.806. The Balaban J connectivity index is 2.08. The zero-order valence-corrected chi connectivity index (χ0v) is 11.5. The molecule has 0 aliphatic rings. The van der Waals surface area contributed by atoms with Crippen LogP contribution in [0.1, 0.15) is 11.9 Å². The average molecular weight is 288 g/mol. The summed E-state index contributed by atoms with van der Waals surface area (Å²) in [6, 6.07) is 3.77. The normalized spacial score (nSPS) is 10.5. The summed E-state index contributed by atoms with van der Waals surface area (Å²) in [4.78, 5) is 16.7. The van der Waals surface area contributed by atoms with Gasteiger partial charge >= 0.3 is 5.97 Å². The molecule has 0 bridgehead atoms. The highest BCUT2D eigenvalue weighted by molar-refractivity contribution is 7.19. The molecule has 0 aliphatic carbocycles. The van der Waals surface area contributed by atoms with Gasteiger partial charge in [-0.25, -0.2) is 4.98 Å². The predicted molar refractivity (Wildman–Crippen MR) is 70.8 cm³/mol. The number of ether oxygens (including phenoxy) is 1. The van der Waals surface area contributed by atoms with Gasteiger partial charge in [0, 0.05) is 5.38 Å². The topological polar surface area (TPSA) is 39.2 Å². The molecule has 0 N–H and O–H groups in total. The van der Waals surface area contributed by atoms with Crippen molar-refractivity contribution in [3.05, 3.63) is 26.9 Å². The molecule has 2 heterocycles. The monoisotopic (exact) mass is 287 g/mol. The highest BCUT2D eigenvalue weighted by atomic mass is 35.5. The van der Waals surface area contributed by atoms with Crippen molar-refractivity contribution < 1.29 is 9.53 Å². The third-order valence-corrected chi connectivity index (χ3v) is 4.08. The number of aromatic nitrogens is 1. The molecule has 2 aromatic heterocycles. The van der Waals surface area contributed by atoms with E-state index in [1.54, 1.807) is 6.92 Å². The maximum absolute atomic E-state index is 11.3. The van der Waals surface area contributed by atoms with E-state index in [1.165, 1.54) is 22.7 Å². The minimum absolute atomic E-state index is 0.234. The Morgan fingerprint density at radius 2 is 2.35 bits per heavy atom. The van der Waals surface area contributed by atoms with E-state index < -0.39 is 0 Å². The molecule has 0 aliphatic heterocycles. The fourth-order valence-corrected chi connectivity index (χ4v) is 3.15. The molecule has 0 atom stereocenters. The van der Waals surface area contributed by atoms with E-state index in [4.69, 9.17) is 16.3 Å². The van der Waals surface area contributed by atoms with E-state index >= 15 is 0 Å². The van der Waals surface area contributed by atoms with Crippen molar-refractivity contribution in [2.45, 2.75) is 13.3 Å². The standard InChI is InChI=1S/C11H10ClNO2S2/c1-2-15-11(14)5-10-13-7(6-16-10)8-3-4-9(12)17-8/h3-4,6H,2,5H2,1H3. The Morgan fingerprint density at radius 1 is 1.53 bits per heavy atom. The van der Waals surface area contributed by atoms with E-state index in [1.807, 2.05) is 17.5 Å². The maximum atomic E-state index is 11.3. The van der Waals surface area contributed by atoms with Gasteiger partial charge in [0.2, 0.25) is 0 Å². The number of carbonyl (C=O) groups excluding carboxylic acids is 1. The number of hydrogen-bond donors (Lipinski definition) is 0. The summed E-state index contributed by atoms with van der Waals surface area (Å²) in [7, 11) is 0. The second-order valence-electron chi connectivity index (χ2n) is 3.21. The zero-order chi connectivity index (χ0) is 12.3. The number of halogens is 1. The van der Waals surface area contributed by atoms with Crippen LogP contribution in [0.3, 0.4) is 0 Å². The predicted octanol–water partition coefficient (Wildman–Crippen LogP) is 3.63. The van der Waals surface area contributed by atoms with Crippen LogP contribution in [0.5, 0.6) is 0 Å². The Hall–Kier alpha value is -0.910. The highest BCUT2D eigenvalue weighted by Crippen LogP contribution is 2.31. The molecule has 2 rings (SSSR count). The molecular weight excluding hydrogens is 278 g/mol. The third kappa shape index (κ3) is 3.28. The number of hydrogen-bond acceptors (Lipinski definition) is 5. The van der Waals surface area contributed by atoms with Gasteiger partial charge in [0.1, 0.15) is 5.01 Å². The molecule has 6 heteroatoms. The molecule has 2 aromatic rings. The van der Waals surface area contributed by atoms with E-state index in [9.17, 15) is 4.79 Å². The molecule has 90 valence electrons. The van der Waals surface area contributed by atoms with Gasteiger partial charge in [0.15, 0.2) is 0 Å². The van der Waals surface area contributed by atoms with Gasteiger partial charge in [-0.15, -0.1) is 22.7 Å². The lowest BCUT2D eigenvalue weighted by Gasteiger charge is -1.97. The summed E-state index contributed by atoms with van der Waals surface area (Å²) in [5.41, 5.74) is 0.867. The van der Waals surface area contributed by atoms with Crippen LogP contribution in [0, 0.1) is 0 Å². The minimum Gasteiger partial charge on any atom is -0.466 e. The van der Waals surface area contributed by atoms with Gasteiger partial charge in [0.25, 0.3) is 0 Å². The molecular formula is C11H10ClNO2S2. The summed E-state index contributed by atoms with van der Waals surface area (Å²) < 4.78 is 5.61. The molecule has 0 saturated heterocycles. The van der Waals surface area contributed by atoms with Crippen LogP contribution in [-0.2, 0) is 16.0 Å². The van der Waals surface area contributed by atoms with E-state index in [2.05, 4.69) is 4.98 Å². The molecule has 3 nitrogen and oxygen atoms in total. The van der Waals surface area contributed by atoms with Gasteiger partial charge in [-0.1, -0.05) is 11.6 Å². The van der Waals surface area contributed by atoms with Crippen LogP contribution in [0.15, 0.2) is 17.5 Å². The molecule has 0 unspecified atom stereocenters. The summed E-state index contributed by atoms with van der Waals surface area (Å²) in [6.07, 6.45) is 0.234. The van der Waals surface area contributed by atoms with Crippen LogP contribution < -0.4 is 0 Å². The first-order chi connectivity index (χ1) is 8.19. The van der Waals surface area contributed by atoms with Crippen molar-refractivity contribution in [3.63, 3.8) is 0 Å². The van der Waals surface area contributed by atoms with Crippen LogP contribution in [0.4, 0.5) is 0 Å². The van der Waals surface area contributed by atoms with Crippen molar-refractivity contribution in [2.75, 3.05) is 6.61 Å². The number of esters is 1. The highest BCUT2D eigenvalue weighted by Gasteiger charge is 2.10. The first-order valence-electron chi connectivity index (χ1n) is 5.04. The molecule has 17 heavy (non-hydrogen) atoms. The smallest absolute Gasteiger partial charge is 0.312 e. The zero-order valence-electron chi connectivity index (χ0n) is 9.10. The first kappa shape index (κ1) is 12.5.